The van der Waals surface area contributed by atoms with E-state index in [1.165, 1.54) is 178 Å². The minimum absolute atomic E-state index is 0. The van der Waals surface area contributed by atoms with Crippen LogP contribution < -0.4 is 4.74 Å². The lowest BCUT2D eigenvalue weighted by molar-refractivity contribution is -0.136. The van der Waals surface area contributed by atoms with Gasteiger partial charge in [-0.2, -0.15) is 0 Å². The topological polar surface area (TPSA) is 59.1 Å². The maximum Gasteiger partial charge on any atom is 0.225 e. The SMILES string of the molecule is C.CCCCCCCCCCCCCCCC(C)C(=O)N(CCOCCOc1ccc(C(C)(C)CC(C)(C)C)cc1)Cc1ccccc1.CCCCCCCCCCCCCCCCCC(=O)N(C)Cc1ccccc1. The normalized spacial score (nSPS) is 11.9. The minimum atomic E-state index is 0. The number of benzene rings is 3. The molecule has 0 N–H and O–H groups in total. The third kappa shape index (κ3) is 37.2. The molecule has 0 radical (unpaired) electrons. The zero-order valence-electron chi connectivity index (χ0n) is 50.4. The first kappa shape index (κ1) is 70.4. The van der Waals surface area contributed by atoms with Crippen molar-refractivity contribution in [1.29, 1.82) is 0 Å². The number of hydrogen-bond donors (Lipinski definition) is 0. The van der Waals surface area contributed by atoms with Gasteiger partial charge in [0.2, 0.25) is 11.8 Å². The standard InChI is InChI=1S/C43H71NO3.C26H45NO.CH4/c1-8-9-10-11-12-13-14-15-16-17-18-19-21-24-37(2)41(45)44(35-38-25-22-20-23-26-38)31-32-46-33-34-47-40-29-27-39(28-30-40)43(6,7)36-42(3,4)5;1-3-4-5-6-7-8-9-10-11-12-13-14-15-16-20-23-26(28)27(2)24-25-21-18-17-19-22-25;/h20,22-23,25-30,37H,8-19,21,24,31-36H2,1-7H3;17-19,21-22H,3-16,20,23-24H2,1-2H3;1H4. The second kappa shape index (κ2) is 45.2. The summed E-state index contributed by atoms with van der Waals surface area (Å²) in [5.74, 6) is 1.42. The van der Waals surface area contributed by atoms with Gasteiger partial charge in [0.1, 0.15) is 12.4 Å². The fraction of sp³-hybridized carbons (Fsp3) is 0.714. The zero-order chi connectivity index (χ0) is 54.7. The van der Waals surface area contributed by atoms with E-state index in [2.05, 4.69) is 104 Å². The molecule has 0 heterocycles. The van der Waals surface area contributed by atoms with Crippen molar-refractivity contribution in [2.75, 3.05) is 33.4 Å². The molecular formula is C70H120N2O4. The Hall–Kier alpha value is -3.64. The Balaban J connectivity index is 0.000000851. The van der Waals surface area contributed by atoms with E-state index in [4.69, 9.17) is 9.47 Å². The Bertz CT molecular complexity index is 1770. The van der Waals surface area contributed by atoms with E-state index in [9.17, 15) is 9.59 Å². The van der Waals surface area contributed by atoms with Crippen molar-refractivity contribution in [3.05, 3.63) is 102 Å². The Morgan fingerprint density at radius 2 is 0.908 bits per heavy atom. The third-order valence-electron chi connectivity index (χ3n) is 15.0. The van der Waals surface area contributed by atoms with Crippen LogP contribution in [-0.2, 0) is 32.8 Å². The molecule has 76 heavy (non-hydrogen) atoms. The molecule has 3 aromatic carbocycles. The maximum atomic E-state index is 13.5. The molecule has 1 atom stereocenters. The quantitative estimate of drug-likeness (QED) is 0.0530. The van der Waals surface area contributed by atoms with E-state index in [-0.39, 0.29) is 36.0 Å². The van der Waals surface area contributed by atoms with Crippen molar-refractivity contribution < 1.29 is 19.1 Å². The highest BCUT2D eigenvalue weighted by atomic mass is 16.5. The van der Waals surface area contributed by atoms with E-state index >= 15 is 0 Å². The molecule has 3 aromatic rings. The fourth-order valence-corrected chi connectivity index (χ4v) is 10.7. The molecule has 0 saturated heterocycles. The number of ether oxygens (including phenoxy) is 2. The number of carbonyl (C=O) groups is 2. The molecule has 6 nitrogen and oxygen atoms in total. The molecule has 6 heteroatoms. The van der Waals surface area contributed by atoms with Crippen LogP contribution >= 0.6 is 0 Å². The second-order valence-corrected chi connectivity index (χ2v) is 24.2. The Labute approximate surface area is 471 Å². The van der Waals surface area contributed by atoms with Crippen molar-refractivity contribution in [2.24, 2.45) is 11.3 Å². The van der Waals surface area contributed by atoms with Gasteiger partial charge in [-0.05, 0) is 58.9 Å². The van der Waals surface area contributed by atoms with E-state index in [0.717, 1.165) is 43.5 Å². The van der Waals surface area contributed by atoms with Gasteiger partial charge < -0.3 is 19.3 Å². The fourth-order valence-electron chi connectivity index (χ4n) is 10.7. The predicted molar refractivity (Wildman–Crippen MR) is 330 cm³/mol. The molecule has 434 valence electrons. The first-order valence-corrected chi connectivity index (χ1v) is 31.2. The van der Waals surface area contributed by atoms with Gasteiger partial charge in [-0.3, -0.25) is 9.59 Å². The van der Waals surface area contributed by atoms with Gasteiger partial charge in [-0.15, -0.1) is 0 Å². The van der Waals surface area contributed by atoms with E-state index in [1.54, 1.807) is 0 Å². The molecule has 0 saturated carbocycles. The zero-order valence-corrected chi connectivity index (χ0v) is 50.4. The molecule has 0 aliphatic rings. The van der Waals surface area contributed by atoms with Crippen LogP contribution in [0.2, 0.25) is 0 Å². The summed E-state index contributed by atoms with van der Waals surface area (Å²) in [6.07, 6.45) is 40.7. The van der Waals surface area contributed by atoms with Gasteiger partial charge in [-0.25, -0.2) is 0 Å². The van der Waals surface area contributed by atoms with Crippen LogP contribution in [0.25, 0.3) is 0 Å². The summed E-state index contributed by atoms with van der Waals surface area (Å²) in [6, 6.07) is 29.1. The molecule has 0 spiro atoms. The minimum Gasteiger partial charge on any atom is -0.491 e. The number of amides is 2. The summed E-state index contributed by atoms with van der Waals surface area (Å²) in [6.45, 7) is 21.6. The van der Waals surface area contributed by atoms with Crippen molar-refractivity contribution >= 4 is 11.8 Å². The van der Waals surface area contributed by atoms with Crippen LogP contribution in [0.3, 0.4) is 0 Å². The monoisotopic (exact) mass is 1050 g/mol. The van der Waals surface area contributed by atoms with Crippen molar-refractivity contribution in [3.8, 4) is 5.75 Å². The molecule has 0 aliphatic heterocycles. The highest BCUT2D eigenvalue weighted by Gasteiger charge is 2.27. The van der Waals surface area contributed by atoms with Gasteiger partial charge in [0.25, 0.3) is 0 Å². The second-order valence-electron chi connectivity index (χ2n) is 24.2. The summed E-state index contributed by atoms with van der Waals surface area (Å²) in [5.41, 5.74) is 4.09. The van der Waals surface area contributed by atoms with Gasteiger partial charge in [0.15, 0.2) is 0 Å². The van der Waals surface area contributed by atoms with Crippen LogP contribution in [-0.4, -0.2) is 55.0 Å². The number of carbonyl (C=O) groups excluding carboxylic acids is 2. The average Bonchev–Trinajstić information content (AvgIpc) is 3.39. The first-order valence-electron chi connectivity index (χ1n) is 31.2. The van der Waals surface area contributed by atoms with Gasteiger partial charge in [0, 0.05) is 39.0 Å². The van der Waals surface area contributed by atoms with Crippen LogP contribution in [0.15, 0.2) is 84.9 Å². The highest BCUT2D eigenvalue weighted by Crippen LogP contribution is 2.36. The Kier molecular flexibility index (Phi) is 41.9. The summed E-state index contributed by atoms with van der Waals surface area (Å²) < 4.78 is 11.9. The molecule has 1 unspecified atom stereocenters. The Morgan fingerprint density at radius 1 is 0.500 bits per heavy atom. The van der Waals surface area contributed by atoms with E-state index < -0.39 is 0 Å². The van der Waals surface area contributed by atoms with Crippen LogP contribution in [0.5, 0.6) is 5.75 Å². The Morgan fingerprint density at radius 3 is 1.34 bits per heavy atom. The smallest absolute Gasteiger partial charge is 0.225 e. The summed E-state index contributed by atoms with van der Waals surface area (Å²) in [5, 5.41) is 0. The first-order chi connectivity index (χ1) is 36.3. The van der Waals surface area contributed by atoms with Crippen molar-refractivity contribution in [3.63, 3.8) is 0 Å². The summed E-state index contributed by atoms with van der Waals surface area (Å²) in [4.78, 5) is 29.6. The molecular weight excluding hydrogens is 933 g/mol. The van der Waals surface area contributed by atoms with Gasteiger partial charge in [-0.1, -0.05) is 309 Å². The largest absolute Gasteiger partial charge is 0.491 e. The molecule has 0 aromatic heterocycles. The summed E-state index contributed by atoms with van der Waals surface area (Å²) >= 11 is 0. The number of nitrogens with zero attached hydrogens (tertiary/aromatic N) is 2. The van der Waals surface area contributed by atoms with Crippen LogP contribution in [0.4, 0.5) is 0 Å². The number of unbranched alkanes of at least 4 members (excludes halogenated alkanes) is 26. The third-order valence-corrected chi connectivity index (χ3v) is 15.0. The molecule has 0 fully saturated rings. The van der Waals surface area contributed by atoms with Gasteiger partial charge >= 0.3 is 0 Å². The molecule has 2 amide bonds. The molecule has 0 aliphatic carbocycles. The summed E-state index contributed by atoms with van der Waals surface area (Å²) in [7, 11) is 1.92. The average molecular weight is 1050 g/mol. The van der Waals surface area contributed by atoms with Gasteiger partial charge in [0.05, 0.1) is 13.2 Å². The predicted octanol–water partition coefficient (Wildman–Crippen LogP) is 20.5. The van der Waals surface area contributed by atoms with Crippen molar-refractivity contribution in [2.45, 2.75) is 280 Å². The number of rotatable bonds is 44. The maximum absolute atomic E-state index is 13.5. The lowest BCUT2D eigenvalue weighted by atomic mass is 9.72. The number of hydrogen-bond acceptors (Lipinski definition) is 4. The lowest BCUT2D eigenvalue weighted by Crippen LogP contribution is -2.37. The van der Waals surface area contributed by atoms with E-state index in [0.29, 0.717) is 39.3 Å². The van der Waals surface area contributed by atoms with Crippen molar-refractivity contribution in [1.82, 2.24) is 9.80 Å². The highest BCUT2D eigenvalue weighted by molar-refractivity contribution is 5.78. The van der Waals surface area contributed by atoms with Crippen LogP contribution in [0, 0.1) is 11.3 Å². The molecule has 3 rings (SSSR count). The molecule has 0 bridgehead atoms. The van der Waals surface area contributed by atoms with Crippen LogP contribution in [0.1, 0.15) is 279 Å². The van der Waals surface area contributed by atoms with E-state index in [1.807, 2.05) is 53.2 Å². The lowest BCUT2D eigenvalue weighted by Gasteiger charge is -2.33.